The summed E-state index contributed by atoms with van der Waals surface area (Å²) >= 11 is 0. The van der Waals surface area contributed by atoms with Gasteiger partial charge in [0.15, 0.2) is 20.4 Å². The molecule has 0 saturated heterocycles. The monoisotopic (exact) mass is 1400 g/mol. The van der Waals surface area contributed by atoms with Crippen LogP contribution in [0, 0.1) is 193 Å². The Bertz CT molecular complexity index is 3080. The molecular weight excluding hydrogens is 1270 g/mol. The van der Waals surface area contributed by atoms with E-state index in [2.05, 4.69) is 6.92 Å². The maximum Gasteiger partial charge on any atom is 0.311 e. The molecular formula is C86H128O15. The van der Waals surface area contributed by atoms with E-state index in [1.54, 1.807) is 0 Å². The van der Waals surface area contributed by atoms with E-state index < -0.39 is 16.2 Å². The fourth-order valence-corrected chi connectivity index (χ4v) is 29.8. The van der Waals surface area contributed by atoms with Gasteiger partial charge in [-0.3, -0.25) is 28.8 Å². The molecule has 0 radical (unpaired) electrons. The maximum atomic E-state index is 13.2. The quantitative estimate of drug-likeness (QED) is 0.0309. The summed E-state index contributed by atoms with van der Waals surface area (Å²) in [6, 6.07) is 0. The summed E-state index contributed by atoms with van der Waals surface area (Å²) in [5.41, 5.74) is -0.886. The molecule has 0 N–H and O–H groups in total. The van der Waals surface area contributed by atoms with Crippen molar-refractivity contribution in [2.45, 2.75) is 273 Å². The van der Waals surface area contributed by atoms with E-state index >= 15 is 0 Å². The van der Waals surface area contributed by atoms with Crippen molar-refractivity contribution in [1.29, 1.82) is 0 Å². The van der Waals surface area contributed by atoms with Crippen LogP contribution in [0.3, 0.4) is 0 Å². The number of ether oxygens (including phenoxy) is 9. The van der Waals surface area contributed by atoms with Gasteiger partial charge in [-0.05, 0) is 381 Å². The van der Waals surface area contributed by atoms with Crippen molar-refractivity contribution in [2.24, 2.45) is 193 Å². The fraction of sp³-hybridized carbons (Fsp3) is 0.930. The number of carbonyl (C=O) groups excluding carboxylic acids is 6. The van der Waals surface area contributed by atoms with Gasteiger partial charge in [0.05, 0.1) is 53.3 Å². The minimum atomic E-state index is -0.418. The third-order valence-corrected chi connectivity index (χ3v) is 34.8. The van der Waals surface area contributed by atoms with Gasteiger partial charge in [-0.2, -0.15) is 0 Å². The van der Waals surface area contributed by atoms with Crippen molar-refractivity contribution in [3.63, 3.8) is 0 Å². The number of carbonyl (C=O) groups is 6. The Balaban J connectivity index is 0.000000113. The topological polar surface area (TPSA) is 185 Å². The molecule has 0 aliphatic heterocycles. The summed E-state index contributed by atoms with van der Waals surface area (Å²) in [6.07, 6.45) is 34.8. The Hall–Kier alpha value is -3.30. The van der Waals surface area contributed by atoms with E-state index in [0.717, 1.165) is 150 Å². The molecule has 0 aromatic heterocycles. The lowest BCUT2D eigenvalue weighted by Crippen LogP contribution is -2.48. The van der Waals surface area contributed by atoms with E-state index in [0.29, 0.717) is 112 Å². The van der Waals surface area contributed by atoms with Crippen LogP contribution in [-0.4, -0.2) is 93.8 Å². The van der Waals surface area contributed by atoms with Gasteiger partial charge in [-0.15, -0.1) is 0 Å². The highest BCUT2D eigenvalue weighted by atomic mass is 16.7. The predicted octanol–water partition coefficient (Wildman–Crippen LogP) is 16.2. The minimum Gasteiger partial charge on any atom is -0.462 e. The highest BCUT2D eigenvalue weighted by Crippen LogP contribution is 2.73. The van der Waals surface area contributed by atoms with Crippen molar-refractivity contribution in [3.8, 4) is 0 Å². The van der Waals surface area contributed by atoms with Gasteiger partial charge in [0, 0.05) is 0 Å². The molecule has 562 valence electrons. The second-order valence-electron chi connectivity index (χ2n) is 40.9. The van der Waals surface area contributed by atoms with Crippen molar-refractivity contribution in [2.75, 3.05) is 33.6 Å². The molecule has 30 unspecified atom stereocenters. The second-order valence-corrected chi connectivity index (χ2v) is 40.9. The molecule has 0 aromatic rings. The molecule has 30 atom stereocenters. The van der Waals surface area contributed by atoms with Gasteiger partial charge in [0.1, 0.15) is 18.3 Å². The zero-order chi connectivity index (χ0) is 69.9. The number of hydrogen-bond donors (Lipinski definition) is 0. The van der Waals surface area contributed by atoms with Gasteiger partial charge in [0.25, 0.3) is 0 Å². The number of rotatable bonds is 23. The average molecular weight is 1400 g/mol. The lowest BCUT2D eigenvalue weighted by Gasteiger charge is -2.56. The van der Waals surface area contributed by atoms with Crippen LogP contribution in [0.1, 0.15) is 249 Å². The number of esters is 6. The Labute approximate surface area is 604 Å². The van der Waals surface area contributed by atoms with Crippen LogP contribution in [0.5, 0.6) is 0 Å². The molecule has 20 saturated carbocycles. The molecule has 15 nitrogen and oxygen atoms in total. The third-order valence-electron chi connectivity index (χ3n) is 34.8. The number of fused-ring (bicyclic) bond motifs is 31. The molecule has 20 bridgehead atoms. The van der Waals surface area contributed by atoms with Crippen LogP contribution in [0.2, 0.25) is 0 Å². The molecule has 15 heteroatoms. The van der Waals surface area contributed by atoms with E-state index in [1.807, 2.05) is 55.4 Å². The predicted molar refractivity (Wildman–Crippen MR) is 375 cm³/mol. The zero-order valence-corrected chi connectivity index (χ0v) is 63.2. The van der Waals surface area contributed by atoms with Crippen LogP contribution in [0.15, 0.2) is 0 Å². The normalized spacial score (nSPS) is 48.0. The van der Waals surface area contributed by atoms with Gasteiger partial charge >= 0.3 is 35.8 Å². The summed E-state index contributed by atoms with van der Waals surface area (Å²) in [7, 11) is 0. The highest BCUT2D eigenvalue weighted by molar-refractivity contribution is 5.78. The van der Waals surface area contributed by atoms with Crippen LogP contribution >= 0.6 is 0 Å². The summed E-state index contributed by atoms with van der Waals surface area (Å²) in [4.78, 5) is 77.4. The standard InChI is InChI=1S/C31H46O5.C28H42O5.C27H40O5/c1-4-30(2,3)29(33)36-25-11-21-10-24(25)27-22-8-20(26(21)27)9-23(22)28(32)35-16-34-15-31-12-17-5-18(13-31)7-19(6-17)14-31;1-4-28(2,3)27(30)33-23-12-18-11-22(23)25-20-9-17(24(18)25)10-21(20)26(29)32-14-31-13-19-8-15-5-6-16(19)7-15;1-4-27(2,3)26(29)32-22-12-17-11-20(22)24-18-9-16(23(17)24)10-19(18)25(28)31-13-30-21-8-14-5-6-15(21)7-14/h17-27H,4-16H2,1-3H3;15-25H,4-14H2,1-3H3;14-24H,4-13H2,1-3H3. The molecule has 20 fully saturated rings. The summed E-state index contributed by atoms with van der Waals surface area (Å²) in [6.45, 7) is 19.9. The van der Waals surface area contributed by atoms with Crippen LogP contribution in [0.25, 0.3) is 0 Å². The fourth-order valence-electron chi connectivity index (χ4n) is 29.8. The smallest absolute Gasteiger partial charge is 0.311 e. The van der Waals surface area contributed by atoms with E-state index in [1.165, 1.54) is 103 Å². The van der Waals surface area contributed by atoms with Gasteiger partial charge in [-0.1, -0.05) is 27.2 Å². The van der Waals surface area contributed by atoms with Crippen LogP contribution < -0.4 is 0 Å². The Morgan fingerprint density at radius 2 is 0.703 bits per heavy atom. The first kappa shape index (κ1) is 70.7. The molecule has 101 heavy (non-hydrogen) atoms. The van der Waals surface area contributed by atoms with Gasteiger partial charge < -0.3 is 42.6 Å². The molecule has 0 heterocycles. The summed E-state index contributed by atoms with van der Waals surface area (Å²) in [5, 5.41) is 0. The number of hydrogen-bond acceptors (Lipinski definition) is 15. The second kappa shape index (κ2) is 27.1. The van der Waals surface area contributed by atoms with Crippen LogP contribution in [0.4, 0.5) is 0 Å². The maximum absolute atomic E-state index is 13.2. The molecule has 20 aliphatic carbocycles. The Morgan fingerprint density at radius 1 is 0.337 bits per heavy atom. The van der Waals surface area contributed by atoms with Crippen molar-refractivity contribution in [1.82, 2.24) is 0 Å². The molecule has 20 rings (SSSR count). The first-order valence-electron chi connectivity index (χ1n) is 42.4. The zero-order valence-electron chi connectivity index (χ0n) is 63.2. The first-order chi connectivity index (χ1) is 48.5. The van der Waals surface area contributed by atoms with Gasteiger partial charge in [0.2, 0.25) is 0 Å². The lowest BCUT2D eigenvalue weighted by molar-refractivity contribution is -0.175. The van der Waals surface area contributed by atoms with Crippen molar-refractivity contribution in [3.05, 3.63) is 0 Å². The average Bonchev–Trinajstić information content (AvgIpc) is 1.58. The van der Waals surface area contributed by atoms with E-state index in [-0.39, 0.29) is 92.3 Å². The summed E-state index contributed by atoms with van der Waals surface area (Å²) < 4.78 is 53.3. The van der Waals surface area contributed by atoms with E-state index in [4.69, 9.17) is 42.6 Å². The third kappa shape index (κ3) is 12.7. The lowest BCUT2D eigenvalue weighted by atomic mass is 9.50. The Morgan fingerprint density at radius 3 is 1.07 bits per heavy atom. The van der Waals surface area contributed by atoms with Crippen LogP contribution in [-0.2, 0) is 71.4 Å². The largest absolute Gasteiger partial charge is 0.462 e. The Kier molecular flexibility index (Phi) is 19.0. The minimum absolute atomic E-state index is 0.0159. The highest BCUT2D eigenvalue weighted by Gasteiger charge is 2.70. The first-order valence-corrected chi connectivity index (χ1v) is 42.4. The van der Waals surface area contributed by atoms with Gasteiger partial charge in [-0.25, -0.2) is 0 Å². The van der Waals surface area contributed by atoms with E-state index in [9.17, 15) is 28.8 Å². The SMILES string of the molecule is CCC(C)(C)C(=O)OC1CC2CC1C1C3CC(CC3C(=O)OCOC3CC4CCC3C4)C21.CCC(C)(C)C(=O)OC1CC2CC1C1C3CC(CC3C(=O)OCOCC34CC5CC(CC(C5)C3)C4)C21.CCC(C)(C)C(=O)OC1CC2CC1C1C3CC(CC3C(=O)OCOCC3CC4CCC3C4)C21. The molecule has 20 aliphatic rings. The van der Waals surface area contributed by atoms with Crippen molar-refractivity contribution >= 4 is 35.8 Å². The van der Waals surface area contributed by atoms with Crippen molar-refractivity contribution < 1.29 is 71.4 Å². The molecule has 0 aromatic carbocycles. The summed E-state index contributed by atoms with van der Waals surface area (Å²) in [5.74, 6) is 16.9. The molecule has 0 amide bonds. The molecule has 0 spiro atoms.